The minimum Gasteiger partial charge on any atom is -0.368 e. The number of anilines is 1. The molecule has 2 amide bonds. The molecular weight excluding hydrogens is 504 g/mol. The molecule has 0 radical (unpaired) electrons. The Hall–Kier alpha value is -3.10. The fraction of sp³-hybridized carbons (Fsp3) is 0.208. The van der Waals surface area contributed by atoms with E-state index in [2.05, 4.69) is 37.0 Å². The van der Waals surface area contributed by atoms with E-state index in [1.165, 1.54) is 0 Å². The maximum absolute atomic E-state index is 12.2. The third-order valence-corrected chi connectivity index (χ3v) is 5.83. The molecule has 2 aromatic heterocycles. The van der Waals surface area contributed by atoms with E-state index in [4.69, 9.17) is 16.6 Å². The molecule has 0 spiro atoms. The monoisotopic (exact) mass is 528 g/mol. The van der Waals surface area contributed by atoms with Crippen LogP contribution in [-0.2, 0) is 0 Å². The fourth-order valence-corrected chi connectivity index (χ4v) is 3.89. The van der Waals surface area contributed by atoms with Gasteiger partial charge in [-0.2, -0.15) is 9.61 Å². The third-order valence-electron chi connectivity index (χ3n) is 4.94. The highest BCUT2D eigenvalue weighted by Crippen LogP contribution is 2.30. The Bertz CT molecular complexity index is 1230. The van der Waals surface area contributed by atoms with Crippen molar-refractivity contribution in [3.63, 3.8) is 0 Å². The van der Waals surface area contributed by atoms with Gasteiger partial charge in [0, 0.05) is 29.7 Å². The van der Waals surface area contributed by atoms with E-state index in [1.807, 2.05) is 67.6 Å². The van der Waals surface area contributed by atoms with Crippen molar-refractivity contribution >= 4 is 45.0 Å². The highest BCUT2D eigenvalue weighted by molar-refractivity contribution is 9.10. The molecule has 4 rings (SSSR count). The number of benzene rings is 2. The molecule has 0 fully saturated rings. The van der Waals surface area contributed by atoms with Crippen LogP contribution in [0.3, 0.4) is 0 Å². The summed E-state index contributed by atoms with van der Waals surface area (Å²) >= 11 is 9.87. The van der Waals surface area contributed by atoms with Crippen LogP contribution in [0.5, 0.6) is 0 Å². The van der Waals surface area contributed by atoms with E-state index in [0.29, 0.717) is 23.8 Å². The molecule has 2 aromatic carbocycles. The van der Waals surface area contributed by atoms with Gasteiger partial charge in [0.15, 0.2) is 5.65 Å². The molecule has 3 N–H and O–H groups in total. The zero-order valence-corrected chi connectivity index (χ0v) is 19.7. The summed E-state index contributed by atoms with van der Waals surface area (Å²) in [5.41, 5.74) is 3.29. The molecular formula is C24H26BrClN6O. The normalized spacial score (nSPS) is 11.5. The van der Waals surface area contributed by atoms with Crippen molar-refractivity contribution in [2.45, 2.75) is 20.4 Å². The average molecular weight is 530 g/mol. The highest BCUT2D eigenvalue weighted by atomic mass is 79.9. The first kappa shape index (κ1) is 24.5. The summed E-state index contributed by atoms with van der Waals surface area (Å²) < 4.78 is 2.49. The summed E-state index contributed by atoms with van der Waals surface area (Å²) in [5.74, 6) is 0.746. The van der Waals surface area contributed by atoms with E-state index in [9.17, 15) is 4.79 Å². The van der Waals surface area contributed by atoms with Gasteiger partial charge >= 0.3 is 6.03 Å². The van der Waals surface area contributed by atoms with Gasteiger partial charge in [-0.05, 0) is 34.5 Å². The second kappa shape index (κ2) is 11.2. The van der Waals surface area contributed by atoms with Crippen molar-refractivity contribution in [2.24, 2.45) is 0 Å². The standard InChI is InChI=1S/C23H22BrClN6O.CH4/c1-15(16-7-3-2-4-8-16)29-23(32)27-12-11-26-21-13-20(17-9-5-6-10-19(17)25)30-22-18(24)14-28-31(21)22;/h2-10,13-15,26H,11-12H2,1H3,(H2,27,29,32);1H4/t15-;/m1./s1. The fourth-order valence-electron chi connectivity index (χ4n) is 3.31. The first-order valence-electron chi connectivity index (χ1n) is 10.2. The van der Waals surface area contributed by atoms with Crippen LogP contribution in [0.4, 0.5) is 10.6 Å². The summed E-state index contributed by atoms with van der Waals surface area (Å²) in [6.07, 6.45) is 1.69. The Morgan fingerprint density at radius 3 is 2.61 bits per heavy atom. The third kappa shape index (κ3) is 5.83. The number of urea groups is 1. The van der Waals surface area contributed by atoms with Crippen LogP contribution in [-0.4, -0.2) is 33.7 Å². The molecule has 172 valence electrons. The molecule has 33 heavy (non-hydrogen) atoms. The second-order valence-electron chi connectivity index (χ2n) is 7.19. The number of nitrogens with one attached hydrogen (secondary N) is 3. The van der Waals surface area contributed by atoms with Gasteiger partial charge in [0.25, 0.3) is 0 Å². The van der Waals surface area contributed by atoms with Gasteiger partial charge in [-0.25, -0.2) is 9.78 Å². The van der Waals surface area contributed by atoms with Crippen LogP contribution in [0.1, 0.15) is 26.0 Å². The smallest absolute Gasteiger partial charge is 0.315 e. The summed E-state index contributed by atoms with van der Waals surface area (Å²) in [7, 11) is 0. The van der Waals surface area contributed by atoms with E-state index in [-0.39, 0.29) is 19.5 Å². The van der Waals surface area contributed by atoms with Crippen molar-refractivity contribution in [3.8, 4) is 11.3 Å². The largest absolute Gasteiger partial charge is 0.368 e. The zero-order valence-electron chi connectivity index (χ0n) is 17.3. The summed E-state index contributed by atoms with van der Waals surface area (Å²) in [6.45, 7) is 2.89. The van der Waals surface area contributed by atoms with Crippen LogP contribution in [0.25, 0.3) is 16.9 Å². The number of carbonyl (C=O) groups is 1. The number of fused-ring (bicyclic) bond motifs is 1. The van der Waals surface area contributed by atoms with Crippen LogP contribution in [0, 0.1) is 0 Å². The minimum atomic E-state index is -0.221. The molecule has 0 saturated heterocycles. The van der Waals surface area contributed by atoms with Gasteiger partial charge < -0.3 is 16.0 Å². The van der Waals surface area contributed by atoms with Crippen molar-refractivity contribution in [1.82, 2.24) is 25.2 Å². The predicted octanol–water partition coefficient (Wildman–Crippen LogP) is 5.92. The lowest BCUT2D eigenvalue weighted by Crippen LogP contribution is -2.39. The molecule has 0 saturated carbocycles. The Labute approximate surface area is 206 Å². The van der Waals surface area contributed by atoms with Crippen LogP contribution in [0.15, 0.2) is 71.3 Å². The average Bonchev–Trinajstić information content (AvgIpc) is 3.18. The van der Waals surface area contributed by atoms with Gasteiger partial charge in [-0.15, -0.1) is 0 Å². The lowest BCUT2D eigenvalue weighted by atomic mass is 10.1. The van der Waals surface area contributed by atoms with Crippen LogP contribution in [0.2, 0.25) is 5.02 Å². The van der Waals surface area contributed by atoms with Crippen molar-refractivity contribution < 1.29 is 4.79 Å². The predicted molar refractivity (Wildman–Crippen MR) is 138 cm³/mol. The topological polar surface area (TPSA) is 83.4 Å². The molecule has 9 heteroatoms. The van der Waals surface area contributed by atoms with Crippen LogP contribution < -0.4 is 16.0 Å². The van der Waals surface area contributed by atoms with Gasteiger partial charge in [0.1, 0.15) is 5.82 Å². The maximum Gasteiger partial charge on any atom is 0.315 e. The zero-order chi connectivity index (χ0) is 22.5. The van der Waals surface area contributed by atoms with Gasteiger partial charge in [0.2, 0.25) is 0 Å². The molecule has 2 heterocycles. The summed E-state index contributed by atoms with van der Waals surface area (Å²) in [4.78, 5) is 16.9. The highest BCUT2D eigenvalue weighted by Gasteiger charge is 2.13. The molecule has 0 bridgehead atoms. The molecule has 0 unspecified atom stereocenters. The van der Waals surface area contributed by atoms with Crippen molar-refractivity contribution in [2.75, 3.05) is 18.4 Å². The number of hydrogen-bond acceptors (Lipinski definition) is 4. The van der Waals surface area contributed by atoms with Crippen LogP contribution >= 0.6 is 27.5 Å². The lowest BCUT2D eigenvalue weighted by Gasteiger charge is -2.15. The van der Waals surface area contributed by atoms with Gasteiger partial charge in [-0.1, -0.05) is 67.6 Å². The molecule has 0 aliphatic rings. The molecule has 1 atom stereocenters. The Morgan fingerprint density at radius 2 is 1.85 bits per heavy atom. The van der Waals surface area contributed by atoms with Crippen molar-refractivity contribution in [1.29, 1.82) is 0 Å². The lowest BCUT2D eigenvalue weighted by molar-refractivity contribution is 0.238. The number of aromatic nitrogens is 3. The number of rotatable bonds is 7. The molecule has 0 aliphatic heterocycles. The Balaban J connectivity index is 0.00000306. The number of hydrogen-bond donors (Lipinski definition) is 3. The first-order chi connectivity index (χ1) is 15.5. The first-order valence-corrected chi connectivity index (χ1v) is 11.3. The van der Waals surface area contributed by atoms with Crippen molar-refractivity contribution in [3.05, 3.63) is 81.9 Å². The molecule has 0 aliphatic carbocycles. The summed E-state index contributed by atoms with van der Waals surface area (Å²) in [5, 5.41) is 14.1. The number of amides is 2. The van der Waals surface area contributed by atoms with E-state index >= 15 is 0 Å². The van der Waals surface area contributed by atoms with E-state index in [0.717, 1.165) is 27.1 Å². The molecule has 7 nitrogen and oxygen atoms in total. The minimum absolute atomic E-state index is 0. The Morgan fingerprint density at radius 1 is 1.12 bits per heavy atom. The maximum atomic E-state index is 12.2. The SMILES string of the molecule is C.C[C@@H](NC(=O)NCCNc1cc(-c2ccccc2Cl)nc2c(Br)cnn12)c1ccccc1. The second-order valence-corrected chi connectivity index (χ2v) is 8.46. The number of nitrogens with zero attached hydrogens (tertiary/aromatic N) is 3. The van der Waals surface area contributed by atoms with Gasteiger partial charge in [-0.3, -0.25) is 0 Å². The van der Waals surface area contributed by atoms with Gasteiger partial charge in [0.05, 0.1) is 22.4 Å². The van der Waals surface area contributed by atoms with E-state index < -0.39 is 0 Å². The number of halogens is 2. The quantitative estimate of drug-likeness (QED) is 0.260. The number of carbonyl (C=O) groups excluding carboxylic acids is 1. The molecule has 4 aromatic rings. The Kier molecular flexibility index (Phi) is 8.30. The summed E-state index contributed by atoms with van der Waals surface area (Å²) in [6, 6.07) is 19.0. The van der Waals surface area contributed by atoms with E-state index in [1.54, 1.807) is 10.7 Å².